The number of halogens is 1. The second-order valence-corrected chi connectivity index (χ2v) is 9.37. The smallest absolute Gasteiger partial charge is 0.332 e. The Morgan fingerprint density at radius 3 is 2.64 bits per heavy atom. The van der Waals surface area contributed by atoms with Gasteiger partial charge in [0.1, 0.15) is 6.17 Å². The number of nitrogens with one attached hydrogen (secondary N) is 1. The van der Waals surface area contributed by atoms with Gasteiger partial charge in [0.15, 0.2) is 4.87 Å². The Morgan fingerprint density at radius 1 is 1.21 bits per heavy atom. The van der Waals surface area contributed by atoms with Gasteiger partial charge >= 0.3 is 5.97 Å². The molecule has 0 saturated carbocycles. The van der Waals surface area contributed by atoms with Crippen molar-refractivity contribution in [3.63, 3.8) is 0 Å². The van der Waals surface area contributed by atoms with Crippen molar-refractivity contribution >= 4 is 41.5 Å². The highest BCUT2D eigenvalue weighted by Gasteiger charge is 2.47. The number of rotatable bonds is 4. The summed E-state index contributed by atoms with van der Waals surface area (Å²) in [5, 5.41) is 13.0. The lowest BCUT2D eigenvalue weighted by Crippen LogP contribution is -2.59. The molecule has 4 aliphatic rings. The molecular weight excluding hydrogens is 402 g/mol. The molecule has 0 bridgehead atoms. The topological polar surface area (TPSA) is 88.5 Å². The Balaban J connectivity index is 1.31. The predicted octanol–water partition coefficient (Wildman–Crippen LogP) is -0.104. The van der Waals surface area contributed by atoms with Gasteiger partial charge in [0.25, 0.3) is 0 Å². The molecule has 4 rings (SSSR count). The van der Waals surface area contributed by atoms with E-state index in [1.54, 1.807) is 24.1 Å². The Morgan fingerprint density at radius 2 is 1.96 bits per heavy atom. The van der Waals surface area contributed by atoms with Crippen molar-refractivity contribution < 1.29 is 14.7 Å². The van der Waals surface area contributed by atoms with Crippen molar-refractivity contribution in [2.75, 3.05) is 50.9 Å². The fourth-order valence-electron chi connectivity index (χ4n) is 4.39. The number of hydrogen-bond acceptors (Lipinski definition) is 7. The average molecular weight is 428 g/mol. The Kier molecular flexibility index (Phi) is 5.98. The minimum atomic E-state index is -1.52. The molecule has 154 valence electrons. The SMILES string of the molecule is O=C([C@@H]1C[C@H](N2CCN(C3N=CC=CC3(Cl)C(=O)O)CC2)CN1)N1CCSC1. The highest BCUT2D eigenvalue weighted by Crippen LogP contribution is 2.31. The molecule has 4 atom stereocenters. The standard InChI is InChI=1S/C18H26ClN5O3S/c19-18(17(26)27)2-1-3-20-16(18)23-6-4-22(5-7-23)13-10-14(21-11-13)15(25)24-8-9-28-12-24/h1-3,13-14,16,21H,4-12H2,(H,26,27)/t13-,14-,16?,18?/m0/s1. The van der Waals surface area contributed by atoms with Crippen LogP contribution in [0.3, 0.4) is 0 Å². The van der Waals surface area contributed by atoms with Crippen molar-refractivity contribution in [3.8, 4) is 0 Å². The number of thioether (sulfide) groups is 1. The number of aliphatic carboxylic acids is 1. The third kappa shape index (κ3) is 3.82. The second-order valence-electron chi connectivity index (χ2n) is 7.67. The van der Waals surface area contributed by atoms with Crippen LogP contribution in [-0.4, -0.2) is 112 Å². The number of alkyl halides is 1. The minimum absolute atomic E-state index is 0.0858. The lowest BCUT2D eigenvalue weighted by molar-refractivity contribution is -0.141. The fourth-order valence-corrected chi connectivity index (χ4v) is 5.61. The summed E-state index contributed by atoms with van der Waals surface area (Å²) in [7, 11) is 0. The molecule has 8 nitrogen and oxygen atoms in total. The predicted molar refractivity (Wildman–Crippen MR) is 110 cm³/mol. The summed E-state index contributed by atoms with van der Waals surface area (Å²) in [5.41, 5.74) is 0. The number of allylic oxidation sites excluding steroid dienone is 1. The lowest BCUT2D eigenvalue weighted by Gasteiger charge is -2.43. The van der Waals surface area contributed by atoms with E-state index in [2.05, 4.69) is 15.2 Å². The number of carbonyl (C=O) groups excluding carboxylic acids is 1. The first-order valence-corrected chi connectivity index (χ1v) is 11.2. The number of piperazine rings is 1. The first-order valence-electron chi connectivity index (χ1n) is 9.70. The average Bonchev–Trinajstić information content (AvgIpc) is 3.40. The number of carboxylic acid groups (broad SMARTS) is 1. The third-order valence-electron chi connectivity index (χ3n) is 6.04. The zero-order valence-corrected chi connectivity index (χ0v) is 17.2. The summed E-state index contributed by atoms with van der Waals surface area (Å²) >= 11 is 8.19. The van der Waals surface area contributed by atoms with E-state index in [-0.39, 0.29) is 11.9 Å². The van der Waals surface area contributed by atoms with Crippen LogP contribution in [0.5, 0.6) is 0 Å². The first kappa shape index (κ1) is 20.2. The van der Waals surface area contributed by atoms with E-state index in [1.165, 1.54) is 6.08 Å². The summed E-state index contributed by atoms with van der Waals surface area (Å²) in [6.07, 6.45) is 4.96. The monoisotopic (exact) mass is 427 g/mol. The molecule has 0 aromatic rings. The van der Waals surface area contributed by atoms with Crippen molar-refractivity contribution in [1.29, 1.82) is 0 Å². The molecule has 0 spiro atoms. The number of hydrogen-bond donors (Lipinski definition) is 2. The number of carbonyl (C=O) groups is 2. The summed E-state index contributed by atoms with van der Waals surface area (Å²) < 4.78 is 0. The number of dihydropyridines is 1. The number of aliphatic imine (C=N–C) groups is 1. The summed E-state index contributed by atoms with van der Waals surface area (Å²) in [6.45, 7) is 4.71. The van der Waals surface area contributed by atoms with Crippen LogP contribution in [0.2, 0.25) is 0 Å². The molecule has 2 N–H and O–H groups in total. The number of carboxylic acids is 1. The summed E-state index contributed by atoms with van der Waals surface area (Å²) in [5.74, 6) is 0.987. The summed E-state index contributed by atoms with van der Waals surface area (Å²) in [6, 6.07) is 0.249. The molecule has 0 aliphatic carbocycles. The molecule has 28 heavy (non-hydrogen) atoms. The second kappa shape index (κ2) is 8.31. The van der Waals surface area contributed by atoms with Gasteiger partial charge in [-0.2, -0.15) is 0 Å². The first-order chi connectivity index (χ1) is 13.5. The van der Waals surface area contributed by atoms with Crippen LogP contribution in [0, 0.1) is 0 Å². The maximum Gasteiger partial charge on any atom is 0.332 e. The summed E-state index contributed by atoms with van der Waals surface area (Å²) in [4.78, 5) is 33.5. The largest absolute Gasteiger partial charge is 0.480 e. The molecule has 10 heteroatoms. The molecule has 4 heterocycles. The lowest BCUT2D eigenvalue weighted by atomic mass is 10.0. The van der Waals surface area contributed by atoms with E-state index in [9.17, 15) is 14.7 Å². The van der Waals surface area contributed by atoms with Gasteiger partial charge in [-0.05, 0) is 18.6 Å². The van der Waals surface area contributed by atoms with Crippen LogP contribution < -0.4 is 5.32 Å². The minimum Gasteiger partial charge on any atom is -0.480 e. The van der Waals surface area contributed by atoms with Gasteiger partial charge in [-0.1, -0.05) is 11.6 Å². The van der Waals surface area contributed by atoms with Gasteiger partial charge in [-0.15, -0.1) is 11.8 Å². The van der Waals surface area contributed by atoms with Crippen LogP contribution in [0.25, 0.3) is 0 Å². The van der Waals surface area contributed by atoms with Crippen LogP contribution in [0.15, 0.2) is 17.1 Å². The van der Waals surface area contributed by atoms with Gasteiger partial charge in [0.2, 0.25) is 5.91 Å². The molecule has 0 aromatic heterocycles. The molecule has 1 amide bonds. The molecule has 0 radical (unpaired) electrons. The number of amides is 1. The highest BCUT2D eigenvalue weighted by molar-refractivity contribution is 7.99. The van der Waals surface area contributed by atoms with Gasteiger partial charge in [-0.3, -0.25) is 19.6 Å². The van der Waals surface area contributed by atoms with E-state index in [0.717, 1.165) is 44.2 Å². The number of nitrogens with zero attached hydrogens (tertiary/aromatic N) is 4. The molecule has 0 aromatic carbocycles. The molecule has 3 fully saturated rings. The Labute approximate surface area is 173 Å². The zero-order valence-electron chi connectivity index (χ0n) is 15.7. The van der Waals surface area contributed by atoms with Crippen molar-refractivity contribution in [2.45, 2.75) is 29.5 Å². The van der Waals surface area contributed by atoms with E-state index in [0.29, 0.717) is 19.1 Å². The Bertz CT molecular complexity index is 678. The highest BCUT2D eigenvalue weighted by atomic mass is 35.5. The van der Waals surface area contributed by atoms with Gasteiger partial charge in [-0.25, -0.2) is 4.79 Å². The molecule has 4 aliphatic heterocycles. The van der Waals surface area contributed by atoms with E-state index >= 15 is 0 Å². The molecule has 2 unspecified atom stereocenters. The van der Waals surface area contributed by atoms with Gasteiger partial charge in [0.05, 0.1) is 11.9 Å². The quantitative estimate of drug-likeness (QED) is 0.605. The Hall–Kier alpha value is -1.13. The van der Waals surface area contributed by atoms with Crippen LogP contribution in [0.4, 0.5) is 0 Å². The molecule has 3 saturated heterocycles. The fraction of sp³-hybridized carbons (Fsp3) is 0.722. The van der Waals surface area contributed by atoms with Gasteiger partial charge < -0.3 is 15.3 Å². The van der Waals surface area contributed by atoms with Crippen LogP contribution in [0.1, 0.15) is 6.42 Å². The van der Waals surface area contributed by atoms with Crippen molar-refractivity contribution in [3.05, 3.63) is 12.2 Å². The van der Waals surface area contributed by atoms with Crippen molar-refractivity contribution in [2.24, 2.45) is 4.99 Å². The molecular formula is C18H26ClN5O3S. The normalized spacial score (nSPS) is 36.9. The van der Waals surface area contributed by atoms with E-state index in [1.807, 2.05) is 9.80 Å². The van der Waals surface area contributed by atoms with Gasteiger partial charge in [0, 0.05) is 57.3 Å². The van der Waals surface area contributed by atoms with Crippen LogP contribution >= 0.6 is 23.4 Å². The van der Waals surface area contributed by atoms with Crippen molar-refractivity contribution in [1.82, 2.24) is 20.0 Å². The zero-order chi connectivity index (χ0) is 19.7. The van der Waals surface area contributed by atoms with Crippen LogP contribution in [-0.2, 0) is 9.59 Å². The maximum atomic E-state index is 12.6. The maximum absolute atomic E-state index is 12.6. The van der Waals surface area contributed by atoms with E-state index < -0.39 is 17.0 Å². The van der Waals surface area contributed by atoms with E-state index in [4.69, 9.17) is 11.6 Å². The third-order valence-corrected chi connectivity index (χ3v) is 7.49.